The van der Waals surface area contributed by atoms with Gasteiger partial charge in [0.2, 0.25) is 0 Å². The topological polar surface area (TPSA) is 18.5 Å². The second kappa shape index (κ2) is 5.49. The van der Waals surface area contributed by atoms with Crippen LogP contribution in [-0.2, 0) is 8.85 Å². The van der Waals surface area contributed by atoms with Crippen LogP contribution in [0.5, 0.6) is 0 Å². The molecule has 1 rings (SSSR count). The van der Waals surface area contributed by atoms with Gasteiger partial charge >= 0.3 is 8.56 Å². The van der Waals surface area contributed by atoms with Crippen molar-refractivity contribution in [3.8, 4) is 0 Å². The van der Waals surface area contributed by atoms with Gasteiger partial charge in [0.25, 0.3) is 0 Å². The minimum absolute atomic E-state index is 1.07. The SMILES string of the molecule is CO[Si](C)(CCCC1=CCC=C1)OC. The quantitative estimate of drug-likeness (QED) is 0.630. The molecule has 0 bridgehead atoms. The number of hydrogen-bond acceptors (Lipinski definition) is 2. The highest BCUT2D eigenvalue weighted by Crippen LogP contribution is 2.20. The summed E-state index contributed by atoms with van der Waals surface area (Å²) in [6.07, 6.45) is 10.2. The van der Waals surface area contributed by atoms with E-state index >= 15 is 0 Å². The summed E-state index contributed by atoms with van der Waals surface area (Å²) in [5.74, 6) is 0. The van der Waals surface area contributed by atoms with Crippen LogP contribution < -0.4 is 0 Å². The van der Waals surface area contributed by atoms with Crippen molar-refractivity contribution in [3.05, 3.63) is 23.8 Å². The van der Waals surface area contributed by atoms with Crippen molar-refractivity contribution in [2.24, 2.45) is 0 Å². The molecule has 0 radical (unpaired) electrons. The fourth-order valence-corrected chi connectivity index (χ4v) is 2.99. The lowest BCUT2D eigenvalue weighted by Gasteiger charge is -2.22. The van der Waals surface area contributed by atoms with Crippen LogP contribution in [0.3, 0.4) is 0 Å². The van der Waals surface area contributed by atoms with E-state index in [0.717, 1.165) is 18.9 Å². The smallest absolute Gasteiger partial charge is 0.334 e. The van der Waals surface area contributed by atoms with Gasteiger partial charge in [0.05, 0.1) is 0 Å². The summed E-state index contributed by atoms with van der Waals surface area (Å²) in [5, 5.41) is 0. The highest BCUT2D eigenvalue weighted by atomic mass is 28.4. The molecule has 0 atom stereocenters. The summed E-state index contributed by atoms with van der Waals surface area (Å²) in [6, 6.07) is 1.07. The summed E-state index contributed by atoms with van der Waals surface area (Å²) >= 11 is 0. The van der Waals surface area contributed by atoms with E-state index in [-0.39, 0.29) is 0 Å². The molecule has 2 nitrogen and oxygen atoms in total. The Kier molecular flexibility index (Phi) is 4.58. The van der Waals surface area contributed by atoms with Crippen LogP contribution in [0, 0.1) is 0 Å². The summed E-state index contributed by atoms with van der Waals surface area (Å²) in [6.45, 7) is 2.12. The van der Waals surface area contributed by atoms with Crippen LogP contribution in [0.25, 0.3) is 0 Å². The van der Waals surface area contributed by atoms with E-state index in [2.05, 4.69) is 24.8 Å². The fraction of sp³-hybridized carbons (Fsp3) is 0.636. The fourth-order valence-electron chi connectivity index (χ4n) is 1.59. The first-order valence-corrected chi connectivity index (χ1v) is 7.68. The molecule has 0 aromatic carbocycles. The third kappa shape index (κ3) is 3.40. The second-order valence-corrected chi connectivity index (χ2v) is 7.40. The molecule has 0 aromatic heterocycles. The zero-order valence-electron chi connectivity index (χ0n) is 9.38. The standard InChI is InChI=1S/C11H20O2Si/c1-12-14(3,13-2)10-6-9-11-7-4-5-8-11/h4,7-8H,5-6,9-10H2,1-3H3. The summed E-state index contributed by atoms with van der Waals surface area (Å²) < 4.78 is 10.9. The molecular formula is C11H20O2Si. The van der Waals surface area contributed by atoms with Crippen LogP contribution in [0.1, 0.15) is 19.3 Å². The maximum absolute atomic E-state index is 5.43. The van der Waals surface area contributed by atoms with Gasteiger partial charge in [-0.25, -0.2) is 0 Å². The van der Waals surface area contributed by atoms with Gasteiger partial charge in [-0.3, -0.25) is 0 Å². The first kappa shape index (κ1) is 11.7. The van der Waals surface area contributed by atoms with E-state index in [4.69, 9.17) is 8.85 Å². The van der Waals surface area contributed by atoms with Crippen molar-refractivity contribution >= 4 is 8.56 Å². The van der Waals surface area contributed by atoms with Gasteiger partial charge in [-0.1, -0.05) is 23.8 Å². The van der Waals surface area contributed by atoms with Crippen LogP contribution in [0.4, 0.5) is 0 Å². The number of allylic oxidation sites excluding steroid dienone is 4. The highest BCUT2D eigenvalue weighted by molar-refractivity contribution is 6.65. The molecule has 0 N–H and O–H groups in total. The minimum atomic E-state index is -1.82. The van der Waals surface area contributed by atoms with Crippen molar-refractivity contribution in [2.45, 2.75) is 31.9 Å². The molecule has 0 amide bonds. The van der Waals surface area contributed by atoms with E-state index in [9.17, 15) is 0 Å². The van der Waals surface area contributed by atoms with Crippen molar-refractivity contribution in [1.82, 2.24) is 0 Å². The lowest BCUT2D eigenvalue weighted by atomic mass is 10.2. The first-order valence-electron chi connectivity index (χ1n) is 5.16. The van der Waals surface area contributed by atoms with Crippen molar-refractivity contribution in [1.29, 1.82) is 0 Å². The van der Waals surface area contributed by atoms with Gasteiger partial charge in [-0.15, -0.1) is 0 Å². The third-order valence-electron chi connectivity index (χ3n) is 2.81. The Morgan fingerprint density at radius 1 is 1.36 bits per heavy atom. The molecule has 3 heteroatoms. The maximum Gasteiger partial charge on any atom is 0.334 e. The van der Waals surface area contributed by atoms with Crippen LogP contribution >= 0.6 is 0 Å². The first-order chi connectivity index (χ1) is 6.70. The van der Waals surface area contributed by atoms with E-state index < -0.39 is 8.56 Å². The van der Waals surface area contributed by atoms with E-state index in [1.165, 1.54) is 12.0 Å². The van der Waals surface area contributed by atoms with E-state index in [0.29, 0.717) is 0 Å². The monoisotopic (exact) mass is 212 g/mol. The molecule has 1 aliphatic rings. The number of hydrogen-bond donors (Lipinski definition) is 0. The average Bonchev–Trinajstić information content (AvgIpc) is 2.70. The molecule has 14 heavy (non-hydrogen) atoms. The predicted molar refractivity (Wildman–Crippen MR) is 61.5 cm³/mol. The normalized spacial score (nSPS) is 16.1. The average molecular weight is 212 g/mol. The van der Waals surface area contributed by atoms with Gasteiger partial charge in [0.15, 0.2) is 0 Å². The molecule has 0 aromatic rings. The number of rotatable bonds is 6. The van der Waals surface area contributed by atoms with Crippen LogP contribution in [-0.4, -0.2) is 22.8 Å². The second-order valence-electron chi connectivity index (χ2n) is 3.81. The molecular weight excluding hydrogens is 192 g/mol. The van der Waals surface area contributed by atoms with Gasteiger partial charge in [-0.05, 0) is 31.9 Å². The van der Waals surface area contributed by atoms with Crippen molar-refractivity contribution < 1.29 is 8.85 Å². The molecule has 0 heterocycles. The third-order valence-corrected chi connectivity index (χ3v) is 5.80. The van der Waals surface area contributed by atoms with Gasteiger partial charge in [0, 0.05) is 14.2 Å². The Morgan fingerprint density at radius 2 is 2.07 bits per heavy atom. The van der Waals surface area contributed by atoms with Gasteiger partial charge in [-0.2, -0.15) is 0 Å². The van der Waals surface area contributed by atoms with Crippen LogP contribution in [0.15, 0.2) is 23.8 Å². The maximum atomic E-state index is 5.43. The summed E-state index contributed by atoms with van der Waals surface area (Å²) in [5.41, 5.74) is 1.47. The van der Waals surface area contributed by atoms with Crippen molar-refractivity contribution in [3.63, 3.8) is 0 Å². The molecule has 0 unspecified atom stereocenters. The Hall–Kier alpha value is -0.383. The molecule has 0 spiro atoms. The molecule has 0 aliphatic heterocycles. The zero-order chi connectivity index (χ0) is 10.4. The summed E-state index contributed by atoms with van der Waals surface area (Å²) in [4.78, 5) is 0. The molecule has 0 fully saturated rings. The molecule has 80 valence electrons. The Balaban J connectivity index is 2.22. The molecule has 0 saturated heterocycles. The Labute approximate surface area is 87.9 Å². The summed E-state index contributed by atoms with van der Waals surface area (Å²) in [7, 11) is 1.69. The minimum Gasteiger partial charge on any atom is -0.398 e. The Bertz CT molecular complexity index is 229. The Morgan fingerprint density at radius 3 is 2.57 bits per heavy atom. The van der Waals surface area contributed by atoms with E-state index in [1.54, 1.807) is 14.2 Å². The lowest BCUT2D eigenvalue weighted by Crippen LogP contribution is -2.35. The zero-order valence-corrected chi connectivity index (χ0v) is 10.4. The van der Waals surface area contributed by atoms with E-state index in [1.807, 2.05) is 0 Å². The van der Waals surface area contributed by atoms with Crippen LogP contribution in [0.2, 0.25) is 12.6 Å². The highest BCUT2D eigenvalue weighted by Gasteiger charge is 2.27. The molecule has 1 aliphatic carbocycles. The largest absolute Gasteiger partial charge is 0.398 e. The van der Waals surface area contributed by atoms with Crippen molar-refractivity contribution in [2.75, 3.05) is 14.2 Å². The lowest BCUT2D eigenvalue weighted by molar-refractivity contribution is 0.248. The van der Waals surface area contributed by atoms with Gasteiger partial charge in [0.1, 0.15) is 0 Å². The predicted octanol–water partition coefficient (Wildman–Crippen LogP) is 3.02. The molecule has 0 saturated carbocycles. The van der Waals surface area contributed by atoms with Gasteiger partial charge < -0.3 is 8.85 Å².